The van der Waals surface area contributed by atoms with E-state index in [0.29, 0.717) is 28.1 Å². The van der Waals surface area contributed by atoms with Crippen LogP contribution in [0.4, 0.5) is 5.69 Å². The molecule has 1 aromatic carbocycles. The van der Waals surface area contributed by atoms with Gasteiger partial charge in [-0.05, 0) is 18.2 Å². The number of para-hydroxylation sites is 1. The number of fused-ring (bicyclic) bond motifs is 4. The van der Waals surface area contributed by atoms with Gasteiger partial charge < -0.3 is 15.8 Å². The molecule has 0 aliphatic carbocycles. The number of carbonyl (C=O) groups excluding carboxylic acids is 1. The predicted octanol–water partition coefficient (Wildman–Crippen LogP) is 1.80. The summed E-state index contributed by atoms with van der Waals surface area (Å²) < 4.78 is 5.58. The first-order valence-electron chi connectivity index (χ1n) is 8.16. The number of rotatable bonds is 1. The molecule has 3 aromatic rings. The zero-order chi connectivity index (χ0) is 18.6. The summed E-state index contributed by atoms with van der Waals surface area (Å²) in [6.45, 7) is 0. The normalized spacial score (nSPS) is 19.9. The summed E-state index contributed by atoms with van der Waals surface area (Å²) in [5.41, 5.74) is 7.56. The van der Waals surface area contributed by atoms with Gasteiger partial charge >= 0.3 is 0 Å². The Balaban J connectivity index is 1.92. The van der Waals surface area contributed by atoms with Crippen molar-refractivity contribution < 1.29 is 9.53 Å². The van der Waals surface area contributed by atoms with Gasteiger partial charge in [0.15, 0.2) is 0 Å². The van der Waals surface area contributed by atoms with Crippen LogP contribution in [0.2, 0.25) is 0 Å². The largest absolute Gasteiger partial charge is 0.420 e. The van der Waals surface area contributed by atoms with Crippen LogP contribution >= 0.6 is 0 Å². The van der Waals surface area contributed by atoms with Gasteiger partial charge in [-0.15, -0.1) is 5.10 Å². The Hall–Kier alpha value is -4.12. The van der Waals surface area contributed by atoms with E-state index in [4.69, 9.17) is 10.5 Å². The van der Waals surface area contributed by atoms with Crippen molar-refractivity contribution in [3.8, 4) is 23.2 Å². The average molecular weight is 356 g/mol. The van der Waals surface area contributed by atoms with Crippen molar-refractivity contribution in [2.45, 2.75) is 5.41 Å². The van der Waals surface area contributed by atoms with Crippen LogP contribution in [0, 0.1) is 11.3 Å². The van der Waals surface area contributed by atoms with E-state index in [9.17, 15) is 10.1 Å². The second-order valence-electron chi connectivity index (χ2n) is 6.22. The SMILES string of the molecule is N#CC1=C(N)Oc2n[nH]c(-c3cccnc3)c2[C@]12C(=O)Nc1ccccc12. The van der Waals surface area contributed by atoms with Crippen LogP contribution in [-0.4, -0.2) is 21.1 Å². The lowest BCUT2D eigenvalue weighted by molar-refractivity contribution is -0.118. The van der Waals surface area contributed by atoms with Gasteiger partial charge in [0.1, 0.15) is 17.1 Å². The Morgan fingerprint density at radius 1 is 1.22 bits per heavy atom. The molecule has 4 N–H and O–H groups in total. The third-order valence-corrected chi connectivity index (χ3v) is 4.92. The fourth-order valence-electron chi connectivity index (χ4n) is 3.82. The number of nitrogens with one attached hydrogen (secondary N) is 2. The van der Waals surface area contributed by atoms with Gasteiger partial charge in [-0.2, -0.15) is 5.26 Å². The van der Waals surface area contributed by atoms with E-state index < -0.39 is 5.41 Å². The van der Waals surface area contributed by atoms with E-state index in [0.717, 1.165) is 0 Å². The monoisotopic (exact) mass is 356 g/mol. The van der Waals surface area contributed by atoms with Gasteiger partial charge in [0.25, 0.3) is 0 Å². The lowest BCUT2D eigenvalue weighted by Crippen LogP contribution is -2.42. The average Bonchev–Trinajstić information content (AvgIpc) is 3.23. The first-order chi connectivity index (χ1) is 13.2. The number of nitrogens with two attached hydrogens (primary N) is 1. The van der Waals surface area contributed by atoms with Crippen molar-refractivity contribution in [1.82, 2.24) is 15.2 Å². The maximum absolute atomic E-state index is 13.3. The van der Waals surface area contributed by atoms with Crippen molar-refractivity contribution in [2.24, 2.45) is 5.73 Å². The summed E-state index contributed by atoms with van der Waals surface area (Å²) >= 11 is 0. The molecule has 0 saturated carbocycles. The summed E-state index contributed by atoms with van der Waals surface area (Å²) in [5.74, 6) is -0.349. The number of nitriles is 1. The summed E-state index contributed by atoms with van der Waals surface area (Å²) in [7, 11) is 0. The summed E-state index contributed by atoms with van der Waals surface area (Å²) in [4.78, 5) is 17.4. The molecule has 0 saturated heterocycles. The first kappa shape index (κ1) is 15.2. The molecular formula is C19H12N6O2. The molecule has 0 fully saturated rings. The maximum Gasteiger partial charge on any atom is 0.245 e. The van der Waals surface area contributed by atoms with Crippen molar-refractivity contribution >= 4 is 11.6 Å². The molecule has 8 nitrogen and oxygen atoms in total. The molecule has 1 amide bonds. The molecule has 0 unspecified atom stereocenters. The van der Waals surface area contributed by atoms with Crippen LogP contribution in [-0.2, 0) is 10.2 Å². The number of anilines is 1. The number of benzene rings is 1. The molecule has 1 spiro atoms. The van der Waals surface area contributed by atoms with Gasteiger partial charge in [-0.1, -0.05) is 18.2 Å². The highest BCUT2D eigenvalue weighted by Gasteiger charge is 2.58. The lowest BCUT2D eigenvalue weighted by Gasteiger charge is -2.31. The van der Waals surface area contributed by atoms with Gasteiger partial charge in [0, 0.05) is 29.2 Å². The van der Waals surface area contributed by atoms with Crippen molar-refractivity contribution in [3.63, 3.8) is 0 Å². The molecule has 8 heteroatoms. The number of hydrogen-bond acceptors (Lipinski definition) is 6. The highest BCUT2D eigenvalue weighted by atomic mass is 16.5. The van der Waals surface area contributed by atoms with Gasteiger partial charge in [-0.3, -0.25) is 14.9 Å². The van der Waals surface area contributed by atoms with Crippen molar-refractivity contribution in [3.05, 3.63) is 71.4 Å². The minimum Gasteiger partial charge on any atom is -0.420 e. The molecule has 0 bridgehead atoms. The summed E-state index contributed by atoms with van der Waals surface area (Å²) in [6.07, 6.45) is 3.29. The number of carbonyl (C=O) groups is 1. The van der Waals surface area contributed by atoms with E-state index >= 15 is 0 Å². The molecule has 2 aliphatic heterocycles. The molecule has 2 aliphatic rings. The molecule has 2 aromatic heterocycles. The van der Waals surface area contributed by atoms with Crippen LogP contribution in [0.25, 0.3) is 11.3 Å². The third-order valence-electron chi connectivity index (χ3n) is 4.92. The highest BCUT2D eigenvalue weighted by Crippen LogP contribution is 2.55. The number of ether oxygens (including phenoxy) is 1. The number of H-pyrrole nitrogens is 1. The molecule has 4 heterocycles. The van der Waals surface area contributed by atoms with E-state index in [1.54, 1.807) is 30.6 Å². The molecule has 27 heavy (non-hydrogen) atoms. The van der Waals surface area contributed by atoms with Crippen LogP contribution in [0.15, 0.2) is 60.2 Å². The third kappa shape index (κ3) is 1.77. The maximum atomic E-state index is 13.3. The zero-order valence-corrected chi connectivity index (χ0v) is 13.9. The lowest BCUT2D eigenvalue weighted by atomic mass is 9.68. The summed E-state index contributed by atoms with van der Waals surface area (Å²) in [6, 6.07) is 12.9. The first-order valence-corrected chi connectivity index (χ1v) is 8.16. The molecule has 5 rings (SSSR count). The van der Waals surface area contributed by atoms with E-state index in [1.165, 1.54) is 0 Å². The predicted molar refractivity (Wildman–Crippen MR) is 95.1 cm³/mol. The quantitative estimate of drug-likeness (QED) is 0.609. The molecule has 1 atom stereocenters. The number of amides is 1. The van der Waals surface area contributed by atoms with E-state index in [2.05, 4.69) is 26.6 Å². The minimum atomic E-state index is -1.44. The standard InChI is InChI=1S/C19H12N6O2/c20-8-12-16(21)27-17-14(15(24-25-17)10-4-3-7-22-9-10)19(12)11-5-1-2-6-13(11)23-18(19)26/h1-7,9H,21H2,(H,23,26)(H,24,25)/t19-/m1/s1. The van der Waals surface area contributed by atoms with E-state index in [1.807, 2.05) is 18.2 Å². The van der Waals surface area contributed by atoms with Crippen LogP contribution in [0.1, 0.15) is 11.1 Å². The second-order valence-corrected chi connectivity index (χ2v) is 6.22. The summed E-state index contributed by atoms with van der Waals surface area (Å²) in [5, 5.41) is 19.8. The Morgan fingerprint density at radius 3 is 2.85 bits per heavy atom. The zero-order valence-electron chi connectivity index (χ0n) is 13.9. The Bertz CT molecular complexity index is 1170. The van der Waals surface area contributed by atoms with Crippen LogP contribution in [0.3, 0.4) is 0 Å². The second kappa shape index (κ2) is 5.19. The Morgan fingerprint density at radius 2 is 2.07 bits per heavy atom. The van der Waals surface area contributed by atoms with Crippen LogP contribution < -0.4 is 15.8 Å². The fraction of sp³-hybridized carbons (Fsp3) is 0.0526. The number of hydrogen-bond donors (Lipinski definition) is 3. The van der Waals surface area contributed by atoms with Crippen LogP contribution in [0.5, 0.6) is 5.88 Å². The molecular weight excluding hydrogens is 344 g/mol. The number of pyridine rings is 1. The fourth-order valence-corrected chi connectivity index (χ4v) is 3.82. The topological polar surface area (TPSA) is 130 Å². The number of aromatic amines is 1. The van der Waals surface area contributed by atoms with Crippen molar-refractivity contribution in [2.75, 3.05) is 5.32 Å². The molecule has 130 valence electrons. The van der Waals surface area contributed by atoms with Crippen molar-refractivity contribution in [1.29, 1.82) is 5.26 Å². The number of aromatic nitrogens is 3. The van der Waals surface area contributed by atoms with E-state index in [-0.39, 0.29) is 23.2 Å². The van der Waals surface area contributed by atoms with Gasteiger partial charge in [0.05, 0.1) is 11.3 Å². The Labute approximate surface area is 153 Å². The smallest absolute Gasteiger partial charge is 0.245 e. The van der Waals surface area contributed by atoms with Gasteiger partial charge in [0.2, 0.25) is 17.7 Å². The molecule has 0 radical (unpaired) electrons. The number of nitrogens with zero attached hydrogens (tertiary/aromatic N) is 3. The Kier molecular flexibility index (Phi) is 2.91. The van der Waals surface area contributed by atoms with Gasteiger partial charge in [-0.25, -0.2) is 0 Å². The minimum absolute atomic E-state index is 0.0315. The highest BCUT2D eigenvalue weighted by molar-refractivity contribution is 6.13.